The summed E-state index contributed by atoms with van der Waals surface area (Å²) in [6.07, 6.45) is 2.35. The molecule has 0 atom stereocenters. The fourth-order valence-electron chi connectivity index (χ4n) is 3.39. The molecule has 0 spiro atoms. The van der Waals surface area contributed by atoms with Gasteiger partial charge in [0.1, 0.15) is 12.4 Å². The van der Waals surface area contributed by atoms with Crippen molar-refractivity contribution in [3.05, 3.63) is 64.7 Å². The highest BCUT2D eigenvalue weighted by atomic mass is 32.2. The summed E-state index contributed by atoms with van der Waals surface area (Å²) in [4.78, 5) is 35.8. The van der Waals surface area contributed by atoms with Crippen molar-refractivity contribution in [2.24, 2.45) is 10.7 Å². The summed E-state index contributed by atoms with van der Waals surface area (Å²) >= 11 is 0. The highest BCUT2D eigenvalue weighted by Crippen LogP contribution is 2.28. The Labute approximate surface area is 209 Å². The fourth-order valence-corrected chi connectivity index (χ4v) is 4.14. The van der Waals surface area contributed by atoms with Gasteiger partial charge in [-0.25, -0.2) is 23.2 Å². The van der Waals surface area contributed by atoms with Gasteiger partial charge in [-0.05, 0) is 42.3 Å². The minimum absolute atomic E-state index is 0.0365. The molecule has 0 saturated heterocycles. The number of nitrogen functional groups attached to an aromatic ring is 1. The van der Waals surface area contributed by atoms with Gasteiger partial charge in [0.2, 0.25) is 10.0 Å². The third kappa shape index (κ3) is 7.13. The molecule has 3 rings (SSSR count). The molecule has 1 heterocycles. The second kappa shape index (κ2) is 11.8. The van der Waals surface area contributed by atoms with Crippen LogP contribution in [-0.4, -0.2) is 55.1 Å². The van der Waals surface area contributed by atoms with Crippen molar-refractivity contribution in [1.82, 2.24) is 9.79 Å². The molecule has 0 unspecified atom stereocenters. The average Bonchev–Trinajstić information content (AvgIpc) is 2.99. The summed E-state index contributed by atoms with van der Waals surface area (Å²) in [5.41, 5.74) is 14.5. The number of hydrogen-bond donors (Lipinski definition) is 4. The maximum absolute atomic E-state index is 13.3. The maximum Gasteiger partial charge on any atom is 0.273 e. The van der Waals surface area contributed by atoms with Gasteiger partial charge in [0.15, 0.2) is 0 Å². The van der Waals surface area contributed by atoms with Crippen LogP contribution in [0.2, 0.25) is 0 Å². The molecule has 12 heteroatoms. The van der Waals surface area contributed by atoms with E-state index in [9.17, 15) is 18.0 Å². The van der Waals surface area contributed by atoms with Gasteiger partial charge >= 0.3 is 0 Å². The van der Waals surface area contributed by atoms with Crippen LogP contribution in [0.1, 0.15) is 41.3 Å². The molecule has 0 aromatic heterocycles. The van der Waals surface area contributed by atoms with Crippen LogP contribution in [0, 0.1) is 0 Å². The molecule has 1 aliphatic heterocycles. The van der Waals surface area contributed by atoms with E-state index in [1.807, 2.05) is 23.8 Å². The number of anilines is 1. The lowest BCUT2D eigenvalue weighted by Gasteiger charge is -2.22. The van der Waals surface area contributed by atoms with Crippen molar-refractivity contribution in [2.45, 2.75) is 26.4 Å². The number of fused-ring (bicyclic) bond motifs is 1. The molecule has 2 aromatic carbocycles. The van der Waals surface area contributed by atoms with E-state index >= 15 is 0 Å². The number of carbonyl (C=O) groups is 2. The molecule has 0 aliphatic carbocycles. The van der Waals surface area contributed by atoms with Gasteiger partial charge in [0.25, 0.3) is 11.8 Å². The van der Waals surface area contributed by atoms with Crippen molar-refractivity contribution < 1.29 is 28.0 Å². The second-order valence-electron chi connectivity index (χ2n) is 8.12. The minimum Gasteiger partial charge on any atom is -0.399 e. The normalized spacial score (nSPS) is 13.2. The zero-order valence-electron chi connectivity index (χ0n) is 19.8. The number of nitrogens with zero attached hydrogens (tertiary/aromatic N) is 2. The summed E-state index contributed by atoms with van der Waals surface area (Å²) in [5, 5.41) is 10.1. The van der Waals surface area contributed by atoms with Crippen molar-refractivity contribution in [2.75, 3.05) is 24.6 Å². The number of nitrogens with one attached hydrogen (secondary N) is 1. The number of hydroxylamine groups is 2. The number of nitrogens with two attached hydrogens (primary N) is 2. The number of amides is 2. The molecule has 0 radical (unpaired) electrons. The highest BCUT2D eigenvalue weighted by molar-refractivity contribution is 7.90. The molecule has 1 aliphatic rings. The smallest absolute Gasteiger partial charge is 0.273 e. The number of aliphatic imine (C=N–C) groups is 1. The van der Waals surface area contributed by atoms with Crippen LogP contribution in [0.5, 0.6) is 0 Å². The van der Waals surface area contributed by atoms with Crippen LogP contribution in [0.4, 0.5) is 11.4 Å². The number of hydrogen-bond acceptors (Lipinski definition) is 9. The number of rotatable bonds is 10. The third-order valence-corrected chi connectivity index (χ3v) is 6.38. The van der Waals surface area contributed by atoms with Gasteiger partial charge in [-0.1, -0.05) is 25.1 Å². The lowest BCUT2D eigenvalue weighted by atomic mass is 10.0. The first-order valence-corrected chi connectivity index (χ1v) is 12.9. The minimum atomic E-state index is -3.97. The van der Waals surface area contributed by atoms with Gasteiger partial charge < -0.3 is 16.6 Å². The van der Waals surface area contributed by atoms with Gasteiger partial charge in [-0.3, -0.25) is 14.4 Å². The van der Waals surface area contributed by atoms with Crippen molar-refractivity contribution >= 4 is 45.1 Å². The topological polar surface area (TPSA) is 177 Å². The monoisotopic (exact) mass is 515 g/mol. The molecule has 11 nitrogen and oxygen atoms in total. The Hall–Kier alpha value is -3.74. The first-order chi connectivity index (χ1) is 17.1. The summed E-state index contributed by atoms with van der Waals surface area (Å²) in [6, 6.07) is 11.5. The second-order valence-corrected chi connectivity index (χ2v) is 9.96. The van der Waals surface area contributed by atoms with E-state index in [2.05, 4.69) is 4.99 Å². The molecule has 6 N–H and O–H groups in total. The van der Waals surface area contributed by atoms with E-state index in [-0.39, 0.29) is 30.3 Å². The molecular formula is C24H29N5O6S. The molecule has 192 valence electrons. The van der Waals surface area contributed by atoms with E-state index < -0.39 is 28.3 Å². The summed E-state index contributed by atoms with van der Waals surface area (Å²) in [7, 11) is -3.97. The van der Waals surface area contributed by atoms with Gasteiger partial charge in [-0.15, -0.1) is 0 Å². The van der Waals surface area contributed by atoms with E-state index in [4.69, 9.17) is 21.4 Å². The molecule has 36 heavy (non-hydrogen) atoms. The van der Waals surface area contributed by atoms with E-state index in [0.717, 1.165) is 5.56 Å². The molecule has 0 saturated carbocycles. The van der Waals surface area contributed by atoms with Gasteiger partial charge in [0.05, 0.1) is 18.0 Å². The number of amidine groups is 1. The summed E-state index contributed by atoms with van der Waals surface area (Å²) < 4.78 is 25.5. The molecule has 2 amide bonds. The SMILES string of the molecule is CCCN(OCc1ccc(N)cc1)C(=O)C1=Cc2ccc(C(=O)NS(=O)(=O)CCO)cc2N=C(N)C1. The molecule has 2 aromatic rings. The van der Waals surface area contributed by atoms with Crippen molar-refractivity contribution in [1.29, 1.82) is 0 Å². The summed E-state index contributed by atoms with van der Waals surface area (Å²) in [5.74, 6) is -1.68. The van der Waals surface area contributed by atoms with Crippen LogP contribution >= 0.6 is 0 Å². The van der Waals surface area contributed by atoms with Crippen molar-refractivity contribution in [3.8, 4) is 0 Å². The van der Waals surface area contributed by atoms with Crippen LogP contribution in [0.15, 0.2) is 53.0 Å². The Morgan fingerprint density at radius 1 is 1.17 bits per heavy atom. The van der Waals surface area contributed by atoms with Crippen LogP contribution < -0.4 is 16.2 Å². The first-order valence-electron chi connectivity index (χ1n) is 11.2. The van der Waals surface area contributed by atoms with Crippen molar-refractivity contribution in [3.63, 3.8) is 0 Å². The van der Waals surface area contributed by atoms with E-state index in [1.165, 1.54) is 17.2 Å². The lowest BCUT2D eigenvalue weighted by molar-refractivity contribution is -0.187. The largest absolute Gasteiger partial charge is 0.399 e. The molecule has 0 fully saturated rings. The standard InChI is InChI=1S/C24H29N5O6S/c1-2-9-29(35-15-16-3-7-20(25)8-4-16)24(32)19-12-17-5-6-18(13-21(17)27-22(26)14-19)23(31)28-36(33,34)11-10-30/h3-8,12-13,30H,2,9-11,14-15,25H2,1H3,(H2,26,27)(H,28,31). The molecular weight excluding hydrogens is 486 g/mol. The zero-order chi connectivity index (χ0) is 26.3. The quantitative estimate of drug-likeness (QED) is 0.271. The Balaban J connectivity index is 1.82. The first kappa shape index (κ1) is 26.9. The summed E-state index contributed by atoms with van der Waals surface area (Å²) in [6.45, 7) is 1.84. The predicted octanol–water partition coefficient (Wildman–Crippen LogP) is 1.47. The van der Waals surface area contributed by atoms with Gasteiger partial charge in [0, 0.05) is 35.4 Å². The van der Waals surface area contributed by atoms with E-state index in [1.54, 1.807) is 24.3 Å². The van der Waals surface area contributed by atoms with E-state index in [0.29, 0.717) is 35.5 Å². The number of benzene rings is 2. The number of aliphatic hydroxyl groups excluding tert-OH is 1. The van der Waals surface area contributed by atoms with Crippen LogP contribution in [0.3, 0.4) is 0 Å². The fraction of sp³-hybridized carbons (Fsp3) is 0.292. The predicted molar refractivity (Wildman–Crippen MR) is 136 cm³/mol. The zero-order valence-corrected chi connectivity index (χ0v) is 20.6. The van der Waals surface area contributed by atoms with Crippen LogP contribution in [0.25, 0.3) is 6.08 Å². The lowest BCUT2D eigenvalue weighted by Crippen LogP contribution is -2.34. The Kier molecular flexibility index (Phi) is 8.80. The number of aliphatic hydroxyl groups is 1. The Bertz CT molecular complexity index is 1290. The average molecular weight is 516 g/mol. The van der Waals surface area contributed by atoms with Crippen LogP contribution in [-0.2, 0) is 26.3 Å². The Morgan fingerprint density at radius 2 is 1.89 bits per heavy atom. The maximum atomic E-state index is 13.3. The Morgan fingerprint density at radius 3 is 2.56 bits per heavy atom. The number of sulfonamides is 1. The number of carbonyl (C=O) groups excluding carboxylic acids is 2. The third-order valence-electron chi connectivity index (χ3n) is 5.16. The van der Waals surface area contributed by atoms with Gasteiger partial charge in [-0.2, -0.15) is 0 Å². The molecule has 0 bridgehead atoms. The highest BCUT2D eigenvalue weighted by Gasteiger charge is 2.23.